The molecule has 1 aromatic heterocycles. The van der Waals surface area contributed by atoms with Crippen LogP contribution in [0.25, 0.3) is 0 Å². The molecule has 1 heterocycles. The number of hydrogen-bond donors (Lipinski definition) is 1. The van der Waals surface area contributed by atoms with Crippen molar-refractivity contribution in [3.8, 4) is 0 Å². The molecule has 13 heavy (non-hydrogen) atoms. The summed E-state index contributed by atoms with van der Waals surface area (Å²) >= 11 is 0. The molecule has 0 spiro atoms. The summed E-state index contributed by atoms with van der Waals surface area (Å²) in [7, 11) is 2.00. The third-order valence-corrected chi connectivity index (χ3v) is 2.33. The van der Waals surface area contributed by atoms with Crippen LogP contribution in [0.4, 0.5) is 0 Å². The van der Waals surface area contributed by atoms with Gasteiger partial charge in [-0.2, -0.15) is 5.10 Å². The van der Waals surface area contributed by atoms with E-state index in [2.05, 4.69) is 18.9 Å². The summed E-state index contributed by atoms with van der Waals surface area (Å²) in [5, 5.41) is 4.27. The Balaban J connectivity index is 2.82. The van der Waals surface area contributed by atoms with Crippen LogP contribution in [0.15, 0.2) is 6.20 Å². The van der Waals surface area contributed by atoms with E-state index in [4.69, 9.17) is 5.73 Å². The maximum atomic E-state index is 5.49. The highest BCUT2D eigenvalue weighted by Crippen LogP contribution is 2.19. The van der Waals surface area contributed by atoms with Gasteiger partial charge in [-0.15, -0.1) is 0 Å². The lowest BCUT2D eigenvalue weighted by Crippen LogP contribution is -2.06. The van der Waals surface area contributed by atoms with Crippen molar-refractivity contribution in [2.75, 3.05) is 6.54 Å². The quantitative estimate of drug-likeness (QED) is 0.763. The highest BCUT2D eigenvalue weighted by Gasteiger charge is 2.10. The van der Waals surface area contributed by atoms with E-state index in [0.29, 0.717) is 5.92 Å². The average Bonchev–Trinajstić information content (AvgIpc) is 2.43. The molecule has 0 bridgehead atoms. The third-order valence-electron chi connectivity index (χ3n) is 2.33. The first-order valence-electron chi connectivity index (χ1n) is 4.87. The van der Waals surface area contributed by atoms with Crippen molar-refractivity contribution in [2.24, 2.45) is 12.8 Å². The van der Waals surface area contributed by atoms with Gasteiger partial charge in [-0.25, -0.2) is 0 Å². The molecule has 1 aromatic rings. The van der Waals surface area contributed by atoms with Crippen molar-refractivity contribution >= 4 is 0 Å². The largest absolute Gasteiger partial charge is 0.330 e. The van der Waals surface area contributed by atoms with Crippen LogP contribution in [0.5, 0.6) is 0 Å². The number of aryl methyl sites for hydroxylation is 1. The number of nitrogens with two attached hydrogens (primary N) is 1. The van der Waals surface area contributed by atoms with E-state index in [1.807, 2.05) is 17.9 Å². The number of hydrogen-bond acceptors (Lipinski definition) is 2. The lowest BCUT2D eigenvalue weighted by Gasteiger charge is -2.07. The minimum Gasteiger partial charge on any atom is -0.330 e. The molecular formula is C10H19N3. The Morgan fingerprint density at radius 1 is 1.54 bits per heavy atom. The Hall–Kier alpha value is -0.830. The van der Waals surface area contributed by atoms with Crippen LogP contribution < -0.4 is 5.73 Å². The molecule has 0 saturated heterocycles. The van der Waals surface area contributed by atoms with Crippen LogP contribution in [-0.4, -0.2) is 16.3 Å². The fourth-order valence-corrected chi connectivity index (χ4v) is 1.54. The molecule has 3 nitrogen and oxygen atoms in total. The molecule has 0 fully saturated rings. The Labute approximate surface area is 79.9 Å². The first-order chi connectivity index (χ1) is 6.16. The van der Waals surface area contributed by atoms with E-state index in [-0.39, 0.29) is 0 Å². The summed E-state index contributed by atoms with van der Waals surface area (Å²) in [6.07, 6.45) is 4.05. The van der Waals surface area contributed by atoms with E-state index < -0.39 is 0 Å². The van der Waals surface area contributed by atoms with Gasteiger partial charge in [0.1, 0.15) is 0 Å². The zero-order valence-corrected chi connectivity index (χ0v) is 8.75. The van der Waals surface area contributed by atoms with Gasteiger partial charge in [-0.3, -0.25) is 4.68 Å². The topological polar surface area (TPSA) is 43.8 Å². The molecule has 1 rings (SSSR count). The normalized spacial score (nSPS) is 11.2. The van der Waals surface area contributed by atoms with Gasteiger partial charge in [0, 0.05) is 12.7 Å². The molecule has 0 amide bonds. The highest BCUT2D eigenvalue weighted by atomic mass is 15.3. The van der Waals surface area contributed by atoms with Gasteiger partial charge in [-0.1, -0.05) is 13.8 Å². The predicted molar refractivity (Wildman–Crippen MR) is 54.7 cm³/mol. The number of nitrogens with zero attached hydrogens (tertiary/aromatic N) is 2. The van der Waals surface area contributed by atoms with E-state index in [1.54, 1.807) is 0 Å². The first-order valence-corrected chi connectivity index (χ1v) is 4.87. The summed E-state index contributed by atoms with van der Waals surface area (Å²) in [6, 6.07) is 0. The van der Waals surface area contributed by atoms with Gasteiger partial charge in [0.25, 0.3) is 0 Å². The first kappa shape index (κ1) is 10.3. The van der Waals surface area contributed by atoms with Crippen molar-refractivity contribution in [1.29, 1.82) is 0 Å². The summed E-state index contributed by atoms with van der Waals surface area (Å²) in [5.74, 6) is 0.557. The minimum absolute atomic E-state index is 0.557. The molecular weight excluding hydrogens is 162 g/mol. The van der Waals surface area contributed by atoms with E-state index in [1.165, 1.54) is 11.3 Å². The molecule has 3 heteroatoms. The van der Waals surface area contributed by atoms with Crippen LogP contribution in [0, 0.1) is 0 Å². The molecule has 0 aromatic carbocycles. The summed E-state index contributed by atoms with van der Waals surface area (Å²) in [5.41, 5.74) is 8.18. The zero-order valence-electron chi connectivity index (χ0n) is 8.75. The smallest absolute Gasteiger partial charge is 0.0527 e. The molecule has 0 saturated carbocycles. The van der Waals surface area contributed by atoms with E-state index in [9.17, 15) is 0 Å². The molecule has 2 N–H and O–H groups in total. The summed E-state index contributed by atoms with van der Waals surface area (Å²) in [6.45, 7) is 5.15. The van der Waals surface area contributed by atoms with Crippen molar-refractivity contribution in [1.82, 2.24) is 9.78 Å². The molecule has 0 aliphatic heterocycles. The highest BCUT2D eigenvalue weighted by molar-refractivity contribution is 5.21. The summed E-state index contributed by atoms with van der Waals surface area (Å²) < 4.78 is 1.96. The molecule has 0 radical (unpaired) electrons. The van der Waals surface area contributed by atoms with E-state index >= 15 is 0 Å². The molecule has 74 valence electrons. The molecule has 0 aliphatic rings. The standard InChI is InChI=1S/C10H19N3/c1-8(2)9-7-12-13(3)10(9)5-4-6-11/h7-8H,4-6,11H2,1-3H3. The second-order valence-electron chi connectivity index (χ2n) is 3.72. The maximum Gasteiger partial charge on any atom is 0.0527 e. The lowest BCUT2D eigenvalue weighted by molar-refractivity contribution is 0.676. The lowest BCUT2D eigenvalue weighted by atomic mass is 10.0. The number of aromatic nitrogens is 2. The predicted octanol–water partition coefficient (Wildman–Crippen LogP) is 1.43. The van der Waals surface area contributed by atoms with Crippen molar-refractivity contribution in [3.63, 3.8) is 0 Å². The second kappa shape index (κ2) is 4.42. The Kier molecular flexibility index (Phi) is 3.48. The SMILES string of the molecule is CC(C)c1cnn(C)c1CCCN. The fourth-order valence-electron chi connectivity index (χ4n) is 1.54. The van der Waals surface area contributed by atoms with Crippen molar-refractivity contribution < 1.29 is 0 Å². The van der Waals surface area contributed by atoms with Crippen LogP contribution in [-0.2, 0) is 13.5 Å². The van der Waals surface area contributed by atoms with Crippen molar-refractivity contribution in [3.05, 3.63) is 17.5 Å². The van der Waals surface area contributed by atoms with Gasteiger partial charge < -0.3 is 5.73 Å². The van der Waals surface area contributed by atoms with Gasteiger partial charge in [0.15, 0.2) is 0 Å². The van der Waals surface area contributed by atoms with E-state index in [0.717, 1.165) is 19.4 Å². The Bertz CT molecular complexity index is 263. The molecule has 0 atom stereocenters. The van der Waals surface area contributed by atoms with Crippen LogP contribution >= 0.6 is 0 Å². The average molecular weight is 181 g/mol. The third kappa shape index (κ3) is 2.31. The molecule has 0 aliphatic carbocycles. The van der Waals surface area contributed by atoms with Gasteiger partial charge in [-0.05, 0) is 30.9 Å². The Morgan fingerprint density at radius 2 is 2.23 bits per heavy atom. The maximum absolute atomic E-state index is 5.49. The number of rotatable bonds is 4. The molecule has 0 unspecified atom stereocenters. The van der Waals surface area contributed by atoms with Gasteiger partial charge in [0.2, 0.25) is 0 Å². The van der Waals surface area contributed by atoms with Gasteiger partial charge >= 0.3 is 0 Å². The monoisotopic (exact) mass is 181 g/mol. The van der Waals surface area contributed by atoms with Crippen LogP contribution in [0.3, 0.4) is 0 Å². The summed E-state index contributed by atoms with van der Waals surface area (Å²) in [4.78, 5) is 0. The van der Waals surface area contributed by atoms with Crippen molar-refractivity contribution in [2.45, 2.75) is 32.6 Å². The Morgan fingerprint density at radius 3 is 2.77 bits per heavy atom. The zero-order chi connectivity index (χ0) is 9.84. The van der Waals surface area contributed by atoms with Crippen LogP contribution in [0.2, 0.25) is 0 Å². The second-order valence-corrected chi connectivity index (χ2v) is 3.72. The fraction of sp³-hybridized carbons (Fsp3) is 0.700. The van der Waals surface area contributed by atoms with Crippen LogP contribution in [0.1, 0.15) is 37.4 Å². The minimum atomic E-state index is 0.557. The van der Waals surface area contributed by atoms with Gasteiger partial charge in [0.05, 0.1) is 6.20 Å².